The third-order valence-electron chi connectivity index (χ3n) is 3.91. The van der Waals surface area contributed by atoms with Crippen molar-refractivity contribution in [3.05, 3.63) is 90.2 Å². The zero-order valence-corrected chi connectivity index (χ0v) is 15.7. The van der Waals surface area contributed by atoms with E-state index in [2.05, 4.69) is 5.32 Å². The molecule has 0 heterocycles. The van der Waals surface area contributed by atoms with Gasteiger partial charge in [-0.3, -0.25) is 9.10 Å². The predicted octanol–water partition coefficient (Wildman–Crippen LogP) is 3.94. The second-order valence-corrected chi connectivity index (χ2v) is 7.86. The number of benzene rings is 3. The standard InChI is InChI=1S/C20H15F3N2O3S/c21-14-4-8-18(9-5-14)25(29(27,28)19-10-6-15(22)7-11-19)13-20(26)24-17-3-1-2-16(23)12-17/h1-12H,13H2,(H,24,26). The summed E-state index contributed by atoms with van der Waals surface area (Å²) in [6.07, 6.45) is 0. The Morgan fingerprint density at radius 3 is 2.00 bits per heavy atom. The van der Waals surface area contributed by atoms with E-state index in [-0.39, 0.29) is 16.3 Å². The number of anilines is 2. The summed E-state index contributed by atoms with van der Waals surface area (Å²) in [6, 6.07) is 13.7. The van der Waals surface area contributed by atoms with Crippen LogP contribution in [0.5, 0.6) is 0 Å². The highest BCUT2D eigenvalue weighted by molar-refractivity contribution is 7.92. The molecule has 0 aliphatic heterocycles. The molecule has 0 spiro atoms. The minimum atomic E-state index is -4.27. The highest BCUT2D eigenvalue weighted by Gasteiger charge is 2.27. The topological polar surface area (TPSA) is 66.5 Å². The molecule has 0 bridgehead atoms. The summed E-state index contributed by atoms with van der Waals surface area (Å²) in [7, 11) is -4.27. The van der Waals surface area contributed by atoms with Crippen LogP contribution < -0.4 is 9.62 Å². The van der Waals surface area contributed by atoms with Crippen LogP contribution in [0.3, 0.4) is 0 Å². The Kier molecular flexibility index (Phi) is 5.88. The maximum absolute atomic E-state index is 13.3. The summed E-state index contributed by atoms with van der Waals surface area (Å²) in [4.78, 5) is 12.2. The largest absolute Gasteiger partial charge is 0.324 e. The summed E-state index contributed by atoms with van der Waals surface area (Å²) in [5.74, 6) is -2.53. The first-order valence-electron chi connectivity index (χ1n) is 8.35. The molecule has 0 radical (unpaired) electrons. The molecule has 3 aromatic rings. The average Bonchev–Trinajstić information content (AvgIpc) is 2.67. The third-order valence-corrected chi connectivity index (χ3v) is 5.70. The smallest absolute Gasteiger partial charge is 0.264 e. The van der Waals surface area contributed by atoms with E-state index < -0.39 is 39.9 Å². The molecule has 5 nitrogen and oxygen atoms in total. The van der Waals surface area contributed by atoms with E-state index in [1.807, 2.05) is 0 Å². The number of hydrogen-bond donors (Lipinski definition) is 1. The van der Waals surface area contributed by atoms with Gasteiger partial charge < -0.3 is 5.32 Å². The Balaban J connectivity index is 1.93. The highest BCUT2D eigenvalue weighted by atomic mass is 32.2. The fraction of sp³-hybridized carbons (Fsp3) is 0.0500. The number of amides is 1. The average molecular weight is 420 g/mol. The second-order valence-electron chi connectivity index (χ2n) is 6.00. The van der Waals surface area contributed by atoms with Gasteiger partial charge in [0.15, 0.2) is 0 Å². The molecule has 0 aliphatic rings. The van der Waals surface area contributed by atoms with E-state index in [9.17, 15) is 26.4 Å². The van der Waals surface area contributed by atoms with Gasteiger partial charge in [0.1, 0.15) is 24.0 Å². The zero-order valence-electron chi connectivity index (χ0n) is 14.8. The van der Waals surface area contributed by atoms with Crippen molar-refractivity contribution in [2.45, 2.75) is 4.90 Å². The fourth-order valence-electron chi connectivity index (χ4n) is 2.55. The summed E-state index contributed by atoms with van der Waals surface area (Å²) in [5.41, 5.74) is 0.179. The van der Waals surface area contributed by atoms with Crippen LogP contribution in [0.15, 0.2) is 77.7 Å². The first-order valence-corrected chi connectivity index (χ1v) is 9.79. The molecule has 3 rings (SSSR count). The van der Waals surface area contributed by atoms with Gasteiger partial charge in [0.2, 0.25) is 5.91 Å². The molecule has 0 fully saturated rings. The lowest BCUT2D eigenvalue weighted by atomic mass is 10.3. The van der Waals surface area contributed by atoms with E-state index in [0.29, 0.717) is 0 Å². The van der Waals surface area contributed by atoms with Crippen molar-refractivity contribution < 1.29 is 26.4 Å². The van der Waals surface area contributed by atoms with Crippen LogP contribution in [0.1, 0.15) is 0 Å². The minimum absolute atomic E-state index is 0.0325. The molecule has 1 amide bonds. The van der Waals surface area contributed by atoms with Crippen LogP contribution in [0.4, 0.5) is 24.5 Å². The fourth-order valence-corrected chi connectivity index (χ4v) is 3.97. The molecule has 0 saturated carbocycles. The molecule has 9 heteroatoms. The normalized spacial score (nSPS) is 11.1. The van der Waals surface area contributed by atoms with Gasteiger partial charge in [0.05, 0.1) is 10.6 Å². The summed E-state index contributed by atoms with van der Waals surface area (Å²) in [6.45, 7) is -0.665. The third kappa shape index (κ3) is 4.94. The van der Waals surface area contributed by atoms with E-state index in [1.165, 1.54) is 30.3 Å². The van der Waals surface area contributed by atoms with Crippen LogP contribution in [-0.4, -0.2) is 20.9 Å². The van der Waals surface area contributed by atoms with E-state index in [1.54, 1.807) is 0 Å². The molecule has 29 heavy (non-hydrogen) atoms. The number of nitrogens with one attached hydrogen (secondary N) is 1. The van der Waals surface area contributed by atoms with Gasteiger partial charge >= 0.3 is 0 Å². The maximum Gasteiger partial charge on any atom is 0.264 e. The monoisotopic (exact) mass is 420 g/mol. The first kappa shape index (κ1) is 20.4. The van der Waals surface area contributed by atoms with Gasteiger partial charge in [-0.15, -0.1) is 0 Å². The molecule has 1 N–H and O–H groups in total. The van der Waals surface area contributed by atoms with Crippen molar-refractivity contribution in [1.82, 2.24) is 0 Å². The van der Waals surface area contributed by atoms with Gasteiger partial charge in [-0.05, 0) is 66.7 Å². The highest BCUT2D eigenvalue weighted by Crippen LogP contribution is 2.24. The second kappa shape index (κ2) is 8.36. The Labute approximate surface area is 165 Å². The summed E-state index contributed by atoms with van der Waals surface area (Å²) in [5, 5.41) is 2.41. The summed E-state index contributed by atoms with van der Waals surface area (Å²) >= 11 is 0. The Morgan fingerprint density at radius 1 is 0.828 bits per heavy atom. The zero-order chi connectivity index (χ0) is 21.0. The van der Waals surface area contributed by atoms with Crippen LogP contribution in [0.2, 0.25) is 0 Å². The van der Waals surface area contributed by atoms with Gasteiger partial charge in [0.25, 0.3) is 10.0 Å². The molecule has 0 atom stereocenters. The molecule has 0 aromatic heterocycles. The van der Waals surface area contributed by atoms with Crippen LogP contribution in [0, 0.1) is 17.5 Å². The van der Waals surface area contributed by atoms with E-state index in [0.717, 1.165) is 46.8 Å². The minimum Gasteiger partial charge on any atom is -0.324 e. The maximum atomic E-state index is 13.3. The van der Waals surface area contributed by atoms with Crippen molar-refractivity contribution in [2.75, 3.05) is 16.2 Å². The lowest BCUT2D eigenvalue weighted by molar-refractivity contribution is -0.114. The number of hydrogen-bond acceptors (Lipinski definition) is 3. The molecule has 0 unspecified atom stereocenters. The lowest BCUT2D eigenvalue weighted by Gasteiger charge is -2.24. The number of nitrogens with zero attached hydrogens (tertiary/aromatic N) is 1. The number of sulfonamides is 1. The van der Waals surface area contributed by atoms with Crippen LogP contribution in [0.25, 0.3) is 0 Å². The van der Waals surface area contributed by atoms with Crippen molar-refractivity contribution in [3.63, 3.8) is 0 Å². The number of carbonyl (C=O) groups is 1. The number of carbonyl (C=O) groups excluding carboxylic acids is 1. The van der Waals surface area contributed by atoms with Crippen LogP contribution >= 0.6 is 0 Å². The Bertz CT molecular complexity index is 1120. The molecule has 0 aliphatic carbocycles. The van der Waals surface area contributed by atoms with Crippen LogP contribution in [-0.2, 0) is 14.8 Å². The number of rotatable bonds is 6. The van der Waals surface area contributed by atoms with Gasteiger partial charge in [-0.2, -0.15) is 0 Å². The quantitative estimate of drug-likeness (QED) is 0.657. The van der Waals surface area contributed by atoms with Gasteiger partial charge in [0, 0.05) is 5.69 Å². The molecule has 3 aromatic carbocycles. The first-order chi connectivity index (χ1) is 13.8. The Hall–Kier alpha value is -3.33. The lowest BCUT2D eigenvalue weighted by Crippen LogP contribution is -2.38. The van der Waals surface area contributed by atoms with Crippen molar-refractivity contribution in [3.8, 4) is 0 Å². The van der Waals surface area contributed by atoms with Crippen molar-refractivity contribution in [1.29, 1.82) is 0 Å². The predicted molar refractivity (Wildman–Crippen MR) is 102 cm³/mol. The van der Waals surface area contributed by atoms with Gasteiger partial charge in [-0.25, -0.2) is 21.6 Å². The molecule has 150 valence electrons. The molecular weight excluding hydrogens is 405 g/mol. The van der Waals surface area contributed by atoms with Gasteiger partial charge in [-0.1, -0.05) is 6.07 Å². The van der Waals surface area contributed by atoms with Crippen molar-refractivity contribution >= 4 is 27.3 Å². The number of halogens is 3. The van der Waals surface area contributed by atoms with E-state index in [4.69, 9.17) is 0 Å². The molecular formula is C20H15F3N2O3S. The SMILES string of the molecule is O=C(CN(c1ccc(F)cc1)S(=O)(=O)c1ccc(F)cc1)Nc1cccc(F)c1. The van der Waals surface area contributed by atoms with Crippen molar-refractivity contribution in [2.24, 2.45) is 0 Å². The van der Waals surface area contributed by atoms with E-state index >= 15 is 0 Å². The summed E-state index contributed by atoms with van der Waals surface area (Å²) < 4.78 is 66.6. The Morgan fingerprint density at radius 2 is 1.41 bits per heavy atom. The molecule has 0 saturated heterocycles.